The predicted molar refractivity (Wildman–Crippen MR) is 69.3 cm³/mol. The predicted octanol–water partition coefficient (Wildman–Crippen LogP) is 1.74. The normalized spacial score (nSPS) is 24.7. The number of carbonyl (C=O) groups excluding carboxylic acids is 1. The molecule has 4 heteroatoms. The number of esters is 1. The van der Waals surface area contributed by atoms with E-state index in [1.54, 1.807) is 0 Å². The molecule has 2 fully saturated rings. The second-order valence-electron chi connectivity index (χ2n) is 5.54. The highest BCUT2D eigenvalue weighted by Gasteiger charge is 2.39. The number of rotatable bonds is 4. The van der Waals surface area contributed by atoms with Crippen molar-refractivity contribution in [2.45, 2.75) is 39.0 Å². The highest BCUT2D eigenvalue weighted by Crippen LogP contribution is 2.34. The van der Waals surface area contributed by atoms with E-state index < -0.39 is 0 Å². The van der Waals surface area contributed by atoms with Crippen LogP contribution in [0.4, 0.5) is 0 Å². The maximum atomic E-state index is 12.3. The fourth-order valence-corrected chi connectivity index (χ4v) is 2.87. The zero-order chi connectivity index (χ0) is 12.8. The quantitative estimate of drug-likeness (QED) is 0.777. The molecule has 1 N–H and O–H groups in total. The minimum atomic E-state index is -0.226. The molecule has 104 valence electrons. The molecule has 0 atom stereocenters. The van der Waals surface area contributed by atoms with Gasteiger partial charge in [-0.05, 0) is 51.1 Å². The third-order valence-electron chi connectivity index (χ3n) is 4.46. The Morgan fingerprint density at radius 3 is 2.61 bits per heavy atom. The van der Waals surface area contributed by atoms with Gasteiger partial charge in [0.25, 0.3) is 0 Å². The Balaban J connectivity index is 1.81. The van der Waals surface area contributed by atoms with Crippen LogP contribution in [0.15, 0.2) is 0 Å². The molecular formula is C14H25NO3. The van der Waals surface area contributed by atoms with Gasteiger partial charge in [0.2, 0.25) is 0 Å². The summed E-state index contributed by atoms with van der Waals surface area (Å²) in [5.41, 5.74) is -0.226. The first kappa shape index (κ1) is 13.8. The Bertz CT molecular complexity index is 268. The molecule has 2 saturated heterocycles. The molecule has 4 nitrogen and oxygen atoms in total. The molecule has 2 aliphatic heterocycles. The van der Waals surface area contributed by atoms with E-state index in [1.807, 2.05) is 0 Å². The van der Waals surface area contributed by atoms with E-state index in [0.29, 0.717) is 12.5 Å². The van der Waals surface area contributed by atoms with Crippen molar-refractivity contribution in [2.75, 3.05) is 32.9 Å². The zero-order valence-electron chi connectivity index (χ0n) is 11.4. The topological polar surface area (TPSA) is 47.6 Å². The van der Waals surface area contributed by atoms with Gasteiger partial charge in [-0.1, -0.05) is 6.92 Å². The average molecular weight is 255 g/mol. The van der Waals surface area contributed by atoms with Gasteiger partial charge >= 0.3 is 5.97 Å². The molecule has 0 aromatic rings. The Kier molecular flexibility index (Phi) is 5.01. The van der Waals surface area contributed by atoms with Gasteiger partial charge in [0.15, 0.2) is 0 Å². The minimum Gasteiger partial charge on any atom is -0.465 e. The lowest BCUT2D eigenvalue weighted by atomic mass is 9.77. The van der Waals surface area contributed by atoms with Crippen LogP contribution in [0.25, 0.3) is 0 Å². The molecule has 0 aromatic carbocycles. The fourth-order valence-electron chi connectivity index (χ4n) is 2.87. The van der Waals surface area contributed by atoms with Crippen LogP contribution < -0.4 is 5.32 Å². The summed E-state index contributed by atoms with van der Waals surface area (Å²) in [6.45, 7) is 6.16. The molecule has 0 spiro atoms. The Labute approximate surface area is 109 Å². The van der Waals surface area contributed by atoms with Crippen LogP contribution in [0.1, 0.15) is 39.0 Å². The first-order valence-electron chi connectivity index (χ1n) is 7.22. The first-order chi connectivity index (χ1) is 8.77. The summed E-state index contributed by atoms with van der Waals surface area (Å²) in [6.07, 6.45) is 4.76. The Hall–Kier alpha value is -0.610. The van der Waals surface area contributed by atoms with Gasteiger partial charge in [-0.15, -0.1) is 0 Å². The number of ether oxygens (including phenoxy) is 2. The molecule has 0 aromatic heterocycles. The highest BCUT2D eigenvalue weighted by atomic mass is 16.5. The van der Waals surface area contributed by atoms with Crippen molar-refractivity contribution < 1.29 is 14.3 Å². The number of nitrogens with one attached hydrogen (secondary N) is 1. The van der Waals surface area contributed by atoms with Gasteiger partial charge < -0.3 is 14.8 Å². The molecule has 0 unspecified atom stereocenters. The van der Waals surface area contributed by atoms with Crippen molar-refractivity contribution >= 4 is 5.97 Å². The maximum absolute atomic E-state index is 12.3. The standard InChI is InChI=1S/C14H25NO3/c1-2-14(5-7-15-8-6-14)13(16)18-11-12-3-9-17-10-4-12/h12,15H,2-11H2,1H3. The highest BCUT2D eigenvalue weighted by molar-refractivity contribution is 5.77. The second-order valence-corrected chi connectivity index (χ2v) is 5.54. The number of carbonyl (C=O) groups is 1. The molecule has 2 aliphatic rings. The molecule has 0 aliphatic carbocycles. The fraction of sp³-hybridized carbons (Fsp3) is 0.929. The summed E-state index contributed by atoms with van der Waals surface area (Å²) in [6, 6.07) is 0. The summed E-state index contributed by atoms with van der Waals surface area (Å²) in [4.78, 5) is 12.3. The van der Waals surface area contributed by atoms with Crippen LogP contribution in [0.2, 0.25) is 0 Å². The molecule has 18 heavy (non-hydrogen) atoms. The van der Waals surface area contributed by atoms with Crippen LogP contribution in [-0.4, -0.2) is 38.9 Å². The SMILES string of the molecule is CCC1(C(=O)OCC2CCOCC2)CCNCC1. The molecular weight excluding hydrogens is 230 g/mol. The van der Waals surface area contributed by atoms with Crippen LogP contribution in [-0.2, 0) is 14.3 Å². The van der Waals surface area contributed by atoms with E-state index in [2.05, 4.69) is 12.2 Å². The van der Waals surface area contributed by atoms with Gasteiger partial charge in [0.05, 0.1) is 12.0 Å². The van der Waals surface area contributed by atoms with Crippen LogP contribution in [0.5, 0.6) is 0 Å². The van der Waals surface area contributed by atoms with Gasteiger partial charge in [0, 0.05) is 13.2 Å². The molecule has 2 heterocycles. The maximum Gasteiger partial charge on any atom is 0.312 e. The molecule has 0 radical (unpaired) electrons. The van der Waals surface area contributed by atoms with E-state index in [-0.39, 0.29) is 11.4 Å². The summed E-state index contributed by atoms with van der Waals surface area (Å²) in [5, 5.41) is 3.31. The average Bonchev–Trinajstić information content (AvgIpc) is 2.46. The third kappa shape index (κ3) is 3.23. The van der Waals surface area contributed by atoms with Gasteiger partial charge in [-0.3, -0.25) is 4.79 Å². The van der Waals surface area contributed by atoms with Gasteiger partial charge in [0.1, 0.15) is 0 Å². The van der Waals surface area contributed by atoms with Crippen molar-refractivity contribution in [3.8, 4) is 0 Å². The number of hydrogen-bond donors (Lipinski definition) is 1. The van der Waals surface area contributed by atoms with Crippen molar-refractivity contribution in [2.24, 2.45) is 11.3 Å². The van der Waals surface area contributed by atoms with Gasteiger partial charge in [-0.2, -0.15) is 0 Å². The molecule has 0 bridgehead atoms. The largest absolute Gasteiger partial charge is 0.465 e. The van der Waals surface area contributed by atoms with Crippen LogP contribution >= 0.6 is 0 Å². The number of piperidine rings is 1. The summed E-state index contributed by atoms with van der Waals surface area (Å²) >= 11 is 0. The Morgan fingerprint density at radius 2 is 2.00 bits per heavy atom. The molecule has 2 rings (SSSR count). The van der Waals surface area contributed by atoms with E-state index in [4.69, 9.17) is 9.47 Å². The van der Waals surface area contributed by atoms with Crippen LogP contribution in [0.3, 0.4) is 0 Å². The monoisotopic (exact) mass is 255 g/mol. The van der Waals surface area contributed by atoms with E-state index in [1.165, 1.54) is 0 Å². The smallest absolute Gasteiger partial charge is 0.312 e. The minimum absolute atomic E-state index is 0.0259. The van der Waals surface area contributed by atoms with Crippen molar-refractivity contribution in [3.05, 3.63) is 0 Å². The van der Waals surface area contributed by atoms with Crippen molar-refractivity contribution in [3.63, 3.8) is 0 Å². The van der Waals surface area contributed by atoms with Gasteiger partial charge in [-0.25, -0.2) is 0 Å². The van der Waals surface area contributed by atoms with E-state index in [9.17, 15) is 4.79 Å². The molecule has 0 saturated carbocycles. The second kappa shape index (κ2) is 6.53. The lowest BCUT2D eigenvalue weighted by Gasteiger charge is -2.35. The van der Waals surface area contributed by atoms with E-state index >= 15 is 0 Å². The van der Waals surface area contributed by atoms with Crippen molar-refractivity contribution in [1.29, 1.82) is 0 Å². The summed E-state index contributed by atoms with van der Waals surface area (Å²) < 4.78 is 10.9. The third-order valence-corrected chi connectivity index (χ3v) is 4.46. The zero-order valence-corrected chi connectivity index (χ0v) is 11.4. The Morgan fingerprint density at radius 1 is 1.33 bits per heavy atom. The first-order valence-corrected chi connectivity index (χ1v) is 7.22. The van der Waals surface area contributed by atoms with E-state index in [0.717, 1.165) is 58.4 Å². The molecule has 0 amide bonds. The lowest BCUT2D eigenvalue weighted by Crippen LogP contribution is -2.43. The summed E-state index contributed by atoms with van der Waals surface area (Å²) in [5.74, 6) is 0.524. The van der Waals surface area contributed by atoms with Crippen LogP contribution in [0, 0.1) is 11.3 Å². The summed E-state index contributed by atoms with van der Waals surface area (Å²) in [7, 11) is 0. The lowest BCUT2D eigenvalue weighted by molar-refractivity contribution is -0.160. The number of hydrogen-bond acceptors (Lipinski definition) is 4. The van der Waals surface area contributed by atoms with Crippen molar-refractivity contribution in [1.82, 2.24) is 5.32 Å².